The van der Waals surface area contributed by atoms with Crippen LogP contribution in [0.2, 0.25) is 52.9 Å². The topological polar surface area (TPSA) is 18.5 Å². The first-order chi connectivity index (χ1) is 21.8. The fourth-order valence-electron chi connectivity index (χ4n) is 7.50. The molecule has 0 aromatic rings. The molecule has 6 heteroatoms. The van der Waals surface area contributed by atoms with Gasteiger partial charge in [0.2, 0.25) is 0 Å². The van der Waals surface area contributed by atoms with Gasteiger partial charge < -0.3 is 0 Å². The highest BCUT2D eigenvalue weighted by molar-refractivity contribution is 6.61. The summed E-state index contributed by atoms with van der Waals surface area (Å²) in [6.45, 7) is 27.2. The Morgan fingerprint density at radius 1 is 0.489 bits per heavy atom. The largest absolute Gasteiger partial charge is 0.230 e. The van der Waals surface area contributed by atoms with Crippen LogP contribution in [-0.4, -0.2) is 62.6 Å². The number of hydrogen-bond acceptors (Lipinski definition) is 3. The molecule has 267 valence electrons. The molecule has 1 aliphatic rings. The number of hydrazine groups is 2. The van der Waals surface area contributed by atoms with Gasteiger partial charge in [0.15, 0.2) is 0 Å². The van der Waals surface area contributed by atoms with Crippen LogP contribution in [-0.2, 0) is 0 Å². The fourth-order valence-corrected chi connectivity index (χ4v) is 17.7. The second-order valence-corrected chi connectivity index (χ2v) is 25.2. The monoisotopic (exact) mass is 679 g/mol. The molecule has 0 bridgehead atoms. The molecule has 0 amide bonds. The molecule has 1 N–H and O–H groups in total. The van der Waals surface area contributed by atoms with Crippen LogP contribution in [0.3, 0.4) is 0 Å². The van der Waals surface area contributed by atoms with E-state index in [2.05, 4.69) is 77.9 Å². The summed E-state index contributed by atoms with van der Waals surface area (Å²) >= 11 is 0. The zero-order chi connectivity index (χ0) is 33.3. The van der Waals surface area contributed by atoms with Crippen molar-refractivity contribution in [2.24, 2.45) is 5.92 Å². The lowest BCUT2D eigenvalue weighted by atomic mass is 10.00. The maximum absolute atomic E-state index is 4.01. The Labute approximate surface area is 291 Å². The highest BCUT2D eigenvalue weighted by Gasteiger charge is 2.29. The van der Waals surface area contributed by atoms with E-state index < -0.39 is 0 Å². The van der Waals surface area contributed by atoms with Gasteiger partial charge in [0.25, 0.3) is 0 Å². The number of hydrogen-bond donors (Lipinski definition) is 1. The molecule has 3 atom stereocenters. The van der Waals surface area contributed by atoms with E-state index in [1.807, 2.05) is 0 Å². The summed E-state index contributed by atoms with van der Waals surface area (Å²) in [5.74, 6) is 0.829. The summed E-state index contributed by atoms with van der Waals surface area (Å²) in [6.07, 6.45) is 22.7. The predicted octanol–water partition coefficient (Wildman–Crippen LogP) is 12.7. The molecule has 1 aliphatic heterocycles. The van der Waals surface area contributed by atoms with Crippen molar-refractivity contribution in [3.8, 4) is 0 Å². The highest BCUT2D eigenvalue weighted by Crippen LogP contribution is 2.31. The van der Waals surface area contributed by atoms with Crippen LogP contribution in [0.4, 0.5) is 0 Å². The van der Waals surface area contributed by atoms with E-state index in [0.29, 0.717) is 0 Å². The number of unbranched alkanes of at least 4 members (excludes halogenated alkanes) is 6. The zero-order valence-electron chi connectivity index (χ0n) is 32.6. The summed E-state index contributed by atoms with van der Waals surface area (Å²) in [6, 6.07) is 9.29. The molecule has 1 heterocycles. The van der Waals surface area contributed by atoms with E-state index in [1.165, 1.54) is 129 Å². The van der Waals surface area contributed by atoms with Crippen molar-refractivity contribution >= 4 is 26.4 Å². The van der Waals surface area contributed by atoms with Crippen LogP contribution in [0.1, 0.15) is 165 Å². The fraction of sp³-hybridized carbons (Fsp3) is 1.00. The van der Waals surface area contributed by atoms with Crippen molar-refractivity contribution in [2.45, 2.75) is 218 Å². The molecule has 0 aromatic heterocycles. The zero-order valence-corrected chi connectivity index (χ0v) is 35.6. The Morgan fingerprint density at radius 2 is 0.778 bits per heavy atom. The van der Waals surface area contributed by atoms with Gasteiger partial charge in [0, 0.05) is 26.2 Å². The van der Waals surface area contributed by atoms with Crippen LogP contribution in [0.5, 0.6) is 0 Å². The molecular formula is C39H84N3Si3. The SMILES string of the molecule is CCCC[Si](CCCC)C(C)CCC1CN(CCC(C)[Si](CCCC)CCCC)NN(CCC(C)[Si](CCCC)CCCC)C1. The number of nitrogens with one attached hydrogen (secondary N) is 1. The van der Waals surface area contributed by atoms with Gasteiger partial charge in [0.1, 0.15) is 0 Å². The van der Waals surface area contributed by atoms with E-state index in [1.54, 1.807) is 36.3 Å². The minimum Gasteiger partial charge on any atom is -0.230 e. The maximum Gasteiger partial charge on any atom is 0.0510 e. The lowest BCUT2D eigenvalue weighted by Crippen LogP contribution is -2.59. The third-order valence-corrected chi connectivity index (χ3v) is 22.1. The smallest absolute Gasteiger partial charge is 0.0510 e. The summed E-state index contributed by atoms with van der Waals surface area (Å²) in [7, 11) is -0.657. The summed E-state index contributed by atoms with van der Waals surface area (Å²) < 4.78 is 0. The first kappa shape index (κ1) is 43.6. The van der Waals surface area contributed by atoms with Crippen molar-refractivity contribution < 1.29 is 0 Å². The van der Waals surface area contributed by atoms with Gasteiger partial charge >= 0.3 is 0 Å². The minimum absolute atomic E-state index is 0.202. The molecule has 0 aromatic carbocycles. The van der Waals surface area contributed by atoms with Crippen LogP contribution in [0.25, 0.3) is 0 Å². The minimum atomic E-state index is -0.227. The molecule has 0 aliphatic carbocycles. The molecular weight excluding hydrogens is 595 g/mol. The average molecular weight is 679 g/mol. The van der Waals surface area contributed by atoms with E-state index in [4.69, 9.17) is 0 Å². The molecule has 3 nitrogen and oxygen atoms in total. The maximum atomic E-state index is 4.01. The van der Waals surface area contributed by atoms with E-state index >= 15 is 0 Å². The predicted molar refractivity (Wildman–Crippen MR) is 212 cm³/mol. The van der Waals surface area contributed by atoms with Gasteiger partial charge in [-0.1, -0.05) is 182 Å². The van der Waals surface area contributed by atoms with Crippen LogP contribution in [0, 0.1) is 5.92 Å². The van der Waals surface area contributed by atoms with Gasteiger partial charge in [-0.05, 0) is 41.8 Å². The van der Waals surface area contributed by atoms with Crippen molar-refractivity contribution in [1.82, 2.24) is 15.6 Å². The Morgan fingerprint density at radius 3 is 1.07 bits per heavy atom. The first-order valence-corrected chi connectivity index (χ1v) is 26.6. The van der Waals surface area contributed by atoms with Gasteiger partial charge in [-0.3, -0.25) is 0 Å². The Balaban J connectivity index is 2.89. The molecule has 1 rings (SSSR count). The van der Waals surface area contributed by atoms with Gasteiger partial charge in [0.05, 0.1) is 26.4 Å². The molecule has 1 saturated heterocycles. The third kappa shape index (κ3) is 20.0. The standard InChI is InChI=1S/C39H84N3Si3/c1-10-16-28-43(29-17-11-2)36(7)22-23-39-34-41(26-24-37(8)44(30-18-12-3)31-19-13-4)40-42(35-39)27-25-38(9)45(32-20-14-5)33-21-15-6/h36-40H,10-35H2,1-9H3. The van der Waals surface area contributed by atoms with Gasteiger partial charge in [-0.15, -0.1) is 0 Å². The van der Waals surface area contributed by atoms with Crippen LogP contribution in [0.15, 0.2) is 0 Å². The second kappa shape index (κ2) is 28.4. The summed E-state index contributed by atoms with van der Waals surface area (Å²) in [5.41, 5.74) is 6.86. The molecule has 3 radical (unpaired) electrons. The molecule has 0 spiro atoms. The van der Waals surface area contributed by atoms with Gasteiger partial charge in [-0.25, -0.2) is 10.0 Å². The summed E-state index contributed by atoms with van der Waals surface area (Å²) in [4.78, 5) is 0. The van der Waals surface area contributed by atoms with E-state index in [9.17, 15) is 0 Å². The average Bonchev–Trinajstić information content (AvgIpc) is 3.05. The van der Waals surface area contributed by atoms with Crippen molar-refractivity contribution in [3.05, 3.63) is 0 Å². The second-order valence-electron chi connectivity index (χ2n) is 15.3. The first-order valence-electron chi connectivity index (χ1n) is 20.6. The lowest BCUT2D eigenvalue weighted by molar-refractivity contribution is -0.0467. The third-order valence-electron chi connectivity index (χ3n) is 11.1. The van der Waals surface area contributed by atoms with E-state index in [0.717, 1.165) is 22.5 Å². The quantitative estimate of drug-likeness (QED) is 0.0763. The number of rotatable bonds is 30. The van der Waals surface area contributed by atoms with E-state index in [-0.39, 0.29) is 26.4 Å². The Bertz CT molecular complexity index is 537. The van der Waals surface area contributed by atoms with Crippen LogP contribution < -0.4 is 5.53 Å². The Kier molecular flexibility index (Phi) is 27.5. The van der Waals surface area contributed by atoms with Crippen LogP contribution >= 0.6 is 0 Å². The van der Waals surface area contributed by atoms with Crippen molar-refractivity contribution in [2.75, 3.05) is 26.2 Å². The van der Waals surface area contributed by atoms with Crippen molar-refractivity contribution in [1.29, 1.82) is 0 Å². The lowest BCUT2D eigenvalue weighted by Gasteiger charge is -2.42. The molecule has 3 unspecified atom stereocenters. The van der Waals surface area contributed by atoms with Crippen molar-refractivity contribution in [3.63, 3.8) is 0 Å². The molecule has 1 fully saturated rings. The molecule has 0 saturated carbocycles. The summed E-state index contributed by atoms with van der Waals surface area (Å²) in [5, 5.41) is 5.39. The molecule has 45 heavy (non-hydrogen) atoms. The number of nitrogens with zero attached hydrogens (tertiary/aromatic N) is 2. The van der Waals surface area contributed by atoms with Gasteiger partial charge in [-0.2, -0.15) is 5.53 Å². The Hall–Kier alpha value is 0.531. The highest BCUT2D eigenvalue weighted by atomic mass is 28.3. The normalized spacial score (nSPS) is 18.8.